The lowest BCUT2D eigenvalue weighted by Gasteiger charge is -2.33. The van der Waals surface area contributed by atoms with Gasteiger partial charge in [-0.25, -0.2) is 0 Å². The second-order valence-electron chi connectivity index (χ2n) is 6.87. The monoisotopic (exact) mass is 498 g/mol. The summed E-state index contributed by atoms with van der Waals surface area (Å²) in [5, 5.41) is 5.39. The van der Waals surface area contributed by atoms with Crippen LogP contribution in [-0.2, 0) is 17.6 Å². The predicted octanol–water partition coefficient (Wildman–Crippen LogP) is 3.65. The SMILES string of the molecule is I.NC(=NCC(c1cccs1)N1CCOCC1)Nc1ccc2c(c1)CCC2. The van der Waals surface area contributed by atoms with Gasteiger partial charge < -0.3 is 15.8 Å². The van der Waals surface area contributed by atoms with Crippen molar-refractivity contribution >= 4 is 47.0 Å². The zero-order valence-corrected chi connectivity index (χ0v) is 18.5. The number of aryl methyl sites for hydroxylation is 2. The fourth-order valence-corrected chi connectivity index (χ4v) is 4.63. The molecular formula is C20H27IN4OS. The van der Waals surface area contributed by atoms with Gasteiger partial charge in [0.2, 0.25) is 0 Å². The second-order valence-corrected chi connectivity index (χ2v) is 7.85. The third kappa shape index (κ3) is 5.22. The molecule has 27 heavy (non-hydrogen) atoms. The number of halogens is 1. The minimum Gasteiger partial charge on any atom is -0.379 e. The number of nitrogens with one attached hydrogen (secondary N) is 1. The Balaban J connectivity index is 0.00000210. The largest absolute Gasteiger partial charge is 0.379 e. The molecule has 1 saturated heterocycles. The Morgan fingerprint density at radius 1 is 1.22 bits per heavy atom. The molecule has 7 heteroatoms. The Morgan fingerprint density at radius 2 is 2.04 bits per heavy atom. The molecule has 1 aromatic carbocycles. The normalized spacial score (nSPS) is 18.6. The lowest BCUT2D eigenvalue weighted by Crippen LogP contribution is -2.40. The van der Waals surface area contributed by atoms with Crippen molar-refractivity contribution < 1.29 is 4.74 Å². The number of fused-ring (bicyclic) bond motifs is 1. The summed E-state index contributed by atoms with van der Waals surface area (Å²) in [5.74, 6) is 0.484. The van der Waals surface area contributed by atoms with Crippen molar-refractivity contribution in [3.05, 3.63) is 51.7 Å². The highest BCUT2D eigenvalue weighted by Gasteiger charge is 2.23. The maximum atomic E-state index is 6.18. The maximum absolute atomic E-state index is 6.18. The highest BCUT2D eigenvalue weighted by atomic mass is 127. The van der Waals surface area contributed by atoms with E-state index in [9.17, 15) is 0 Å². The molecule has 0 amide bonds. The molecule has 1 aliphatic heterocycles. The summed E-state index contributed by atoms with van der Waals surface area (Å²) >= 11 is 1.78. The van der Waals surface area contributed by atoms with Gasteiger partial charge in [0, 0.05) is 23.7 Å². The van der Waals surface area contributed by atoms with Crippen LogP contribution in [0, 0.1) is 0 Å². The van der Waals surface area contributed by atoms with Crippen LogP contribution in [0.25, 0.3) is 0 Å². The number of morpholine rings is 1. The van der Waals surface area contributed by atoms with E-state index in [-0.39, 0.29) is 30.0 Å². The number of ether oxygens (including phenoxy) is 1. The van der Waals surface area contributed by atoms with E-state index in [1.165, 1.54) is 35.3 Å². The molecule has 1 atom stereocenters. The lowest BCUT2D eigenvalue weighted by atomic mass is 10.1. The number of thiophene rings is 1. The molecule has 2 aliphatic rings. The number of guanidine groups is 1. The smallest absolute Gasteiger partial charge is 0.193 e. The highest BCUT2D eigenvalue weighted by molar-refractivity contribution is 14.0. The average Bonchev–Trinajstić information content (AvgIpc) is 3.34. The standard InChI is InChI=1S/C20H26N4OS.HI/c21-20(23-17-7-6-15-3-1-4-16(15)13-17)22-14-18(19-5-2-12-26-19)24-8-10-25-11-9-24;/h2,5-7,12-13,18H,1,3-4,8-11,14H2,(H3,21,22,23);1H. The summed E-state index contributed by atoms with van der Waals surface area (Å²) in [7, 11) is 0. The zero-order chi connectivity index (χ0) is 17.8. The first-order valence-corrected chi connectivity index (χ1v) is 10.2. The van der Waals surface area contributed by atoms with Gasteiger partial charge in [0.15, 0.2) is 5.96 Å². The number of hydrogen-bond donors (Lipinski definition) is 2. The van der Waals surface area contributed by atoms with Crippen molar-refractivity contribution in [3.63, 3.8) is 0 Å². The molecule has 0 radical (unpaired) electrons. The van der Waals surface area contributed by atoms with E-state index in [1.807, 2.05) is 0 Å². The van der Waals surface area contributed by atoms with Crippen molar-refractivity contribution in [2.75, 3.05) is 38.2 Å². The summed E-state index contributed by atoms with van der Waals surface area (Å²) in [4.78, 5) is 8.43. The summed E-state index contributed by atoms with van der Waals surface area (Å²) in [5.41, 5.74) is 10.1. The van der Waals surface area contributed by atoms with Crippen LogP contribution in [-0.4, -0.2) is 43.7 Å². The Hall–Kier alpha value is -1.16. The third-order valence-corrected chi connectivity index (χ3v) is 6.14. The van der Waals surface area contributed by atoms with Crippen LogP contribution in [0.5, 0.6) is 0 Å². The van der Waals surface area contributed by atoms with Crippen molar-refractivity contribution in [2.45, 2.75) is 25.3 Å². The Morgan fingerprint density at radius 3 is 2.81 bits per heavy atom. The van der Waals surface area contributed by atoms with Gasteiger partial charge in [0.25, 0.3) is 0 Å². The molecule has 0 spiro atoms. The summed E-state index contributed by atoms with van der Waals surface area (Å²) in [6.45, 7) is 4.11. The number of anilines is 1. The molecule has 1 aromatic heterocycles. The number of hydrogen-bond acceptors (Lipinski definition) is 4. The minimum absolute atomic E-state index is 0. The van der Waals surface area contributed by atoms with Gasteiger partial charge in [-0.05, 0) is 54.0 Å². The Kier molecular flexibility index (Phi) is 7.51. The van der Waals surface area contributed by atoms with E-state index in [2.05, 4.69) is 50.9 Å². The number of benzene rings is 1. The van der Waals surface area contributed by atoms with Gasteiger partial charge >= 0.3 is 0 Å². The highest BCUT2D eigenvalue weighted by Crippen LogP contribution is 2.27. The fourth-order valence-electron chi connectivity index (χ4n) is 3.78. The van der Waals surface area contributed by atoms with Crippen LogP contribution in [0.2, 0.25) is 0 Å². The van der Waals surface area contributed by atoms with Gasteiger partial charge in [-0.2, -0.15) is 0 Å². The van der Waals surface area contributed by atoms with Gasteiger partial charge in [-0.3, -0.25) is 9.89 Å². The molecule has 2 heterocycles. The number of nitrogens with zero attached hydrogens (tertiary/aromatic N) is 2. The number of aliphatic imine (C=N–C) groups is 1. The van der Waals surface area contributed by atoms with Gasteiger partial charge in [-0.15, -0.1) is 35.3 Å². The van der Waals surface area contributed by atoms with Crippen molar-refractivity contribution in [1.82, 2.24) is 4.90 Å². The van der Waals surface area contributed by atoms with Gasteiger partial charge in [-0.1, -0.05) is 12.1 Å². The molecule has 2 aromatic rings. The van der Waals surface area contributed by atoms with E-state index in [1.54, 1.807) is 11.3 Å². The Bertz CT molecular complexity index is 759. The second kappa shape index (κ2) is 9.86. The van der Waals surface area contributed by atoms with Crippen LogP contribution >= 0.6 is 35.3 Å². The first-order chi connectivity index (χ1) is 12.8. The topological polar surface area (TPSA) is 62.9 Å². The van der Waals surface area contributed by atoms with Crippen molar-refractivity contribution in [3.8, 4) is 0 Å². The fraction of sp³-hybridized carbons (Fsp3) is 0.450. The molecule has 1 unspecified atom stereocenters. The van der Waals surface area contributed by atoms with Crippen molar-refractivity contribution in [1.29, 1.82) is 0 Å². The lowest BCUT2D eigenvalue weighted by molar-refractivity contribution is 0.0187. The first kappa shape index (κ1) is 20.6. The summed E-state index contributed by atoms with van der Waals surface area (Å²) in [6.07, 6.45) is 3.62. The molecule has 4 rings (SSSR count). The summed E-state index contributed by atoms with van der Waals surface area (Å²) < 4.78 is 5.50. The quantitative estimate of drug-likeness (QED) is 0.376. The van der Waals surface area contributed by atoms with E-state index in [4.69, 9.17) is 10.5 Å². The van der Waals surface area contributed by atoms with E-state index < -0.39 is 0 Å². The van der Waals surface area contributed by atoms with Crippen LogP contribution in [0.1, 0.15) is 28.5 Å². The van der Waals surface area contributed by atoms with Crippen molar-refractivity contribution in [2.24, 2.45) is 10.7 Å². The molecule has 146 valence electrons. The molecular weight excluding hydrogens is 471 g/mol. The van der Waals surface area contributed by atoms with E-state index >= 15 is 0 Å². The van der Waals surface area contributed by atoms with E-state index in [0.717, 1.165) is 32.0 Å². The minimum atomic E-state index is 0. The molecule has 1 aliphatic carbocycles. The predicted molar refractivity (Wildman–Crippen MR) is 123 cm³/mol. The molecule has 1 fully saturated rings. The molecule has 0 saturated carbocycles. The van der Waals surface area contributed by atoms with Crippen LogP contribution < -0.4 is 11.1 Å². The van der Waals surface area contributed by atoms with Crippen LogP contribution in [0.4, 0.5) is 5.69 Å². The van der Waals surface area contributed by atoms with Gasteiger partial charge in [0.05, 0.1) is 25.8 Å². The molecule has 0 bridgehead atoms. The molecule has 3 N–H and O–H groups in total. The number of rotatable bonds is 5. The Labute approximate surface area is 182 Å². The van der Waals surface area contributed by atoms with Crippen LogP contribution in [0.15, 0.2) is 40.7 Å². The van der Waals surface area contributed by atoms with Gasteiger partial charge in [0.1, 0.15) is 0 Å². The third-order valence-electron chi connectivity index (χ3n) is 5.16. The van der Waals surface area contributed by atoms with E-state index in [0.29, 0.717) is 12.5 Å². The molecule has 5 nitrogen and oxygen atoms in total. The number of nitrogens with two attached hydrogens (primary N) is 1. The summed E-state index contributed by atoms with van der Waals surface area (Å²) in [6, 6.07) is 11.1. The first-order valence-electron chi connectivity index (χ1n) is 9.33. The average molecular weight is 498 g/mol. The maximum Gasteiger partial charge on any atom is 0.193 e. The zero-order valence-electron chi connectivity index (χ0n) is 15.4. The van der Waals surface area contributed by atoms with Crippen LogP contribution in [0.3, 0.4) is 0 Å².